The van der Waals surface area contributed by atoms with E-state index >= 15 is 0 Å². The summed E-state index contributed by atoms with van der Waals surface area (Å²) in [4.78, 5) is 22.8. The Morgan fingerprint density at radius 3 is 2.70 bits per heavy atom. The van der Waals surface area contributed by atoms with Gasteiger partial charge < -0.3 is 15.2 Å². The van der Waals surface area contributed by atoms with Crippen molar-refractivity contribution < 1.29 is 19.4 Å². The fourth-order valence-electron chi connectivity index (χ4n) is 2.15. The first-order valence-electron chi connectivity index (χ1n) is 7.20. The molecular formula is C14H25NO4S. The number of hydrogen-bond donors (Lipinski definition) is 2. The molecule has 2 N–H and O–H groups in total. The van der Waals surface area contributed by atoms with Crippen LogP contribution in [0.15, 0.2) is 0 Å². The molecule has 1 rings (SSSR count). The van der Waals surface area contributed by atoms with E-state index in [1.54, 1.807) is 0 Å². The molecular weight excluding hydrogens is 278 g/mol. The van der Waals surface area contributed by atoms with Crippen molar-refractivity contribution in [3.05, 3.63) is 0 Å². The predicted octanol–water partition coefficient (Wildman–Crippen LogP) is 1.90. The number of nitrogens with one attached hydrogen (secondary N) is 1. The van der Waals surface area contributed by atoms with Crippen LogP contribution in [-0.2, 0) is 14.3 Å². The highest BCUT2D eigenvalue weighted by Gasteiger charge is 2.21. The van der Waals surface area contributed by atoms with Gasteiger partial charge in [0.1, 0.15) is 6.04 Å². The smallest absolute Gasteiger partial charge is 0.326 e. The predicted molar refractivity (Wildman–Crippen MR) is 79.9 cm³/mol. The molecule has 116 valence electrons. The summed E-state index contributed by atoms with van der Waals surface area (Å²) in [5, 5.41) is 11.6. The maximum atomic E-state index is 11.7. The minimum Gasteiger partial charge on any atom is -0.480 e. The number of amides is 1. The molecule has 1 heterocycles. The second-order valence-corrected chi connectivity index (χ2v) is 6.62. The Kier molecular flexibility index (Phi) is 7.99. The molecule has 0 aliphatic carbocycles. The zero-order valence-electron chi connectivity index (χ0n) is 12.3. The van der Waals surface area contributed by atoms with Crippen LogP contribution in [0.5, 0.6) is 0 Å². The van der Waals surface area contributed by atoms with Crippen molar-refractivity contribution in [1.82, 2.24) is 5.32 Å². The summed E-state index contributed by atoms with van der Waals surface area (Å²) >= 11 is 1.51. The molecule has 2 atom stereocenters. The summed E-state index contributed by atoms with van der Waals surface area (Å²) in [5.41, 5.74) is 0. The maximum absolute atomic E-state index is 11.7. The first-order chi connectivity index (χ1) is 9.49. The molecule has 0 aromatic carbocycles. The van der Waals surface area contributed by atoms with Crippen molar-refractivity contribution in [3.63, 3.8) is 0 Å². The monoisotopic (exact) mass is 303 g/mol. The van der Waals surface area contributed by atoms with Crippen molar-refractivity contribution in [2.24, 2.45) is 5.92 Å². The summed E-state index contributed by atoms with van der Waals surface area (Å²) in [7, 11) is 0. The number of ether oxygens (including phenoxy) is 1. The molecule has 0 saturated carbocycles. The molecule has 1 aliphatic rings. The maximum Gasteiger partial charge on any atom is 0.326 e. The van der Waals surface area contributed by atoms with Gasteiger partial charge >= 0.3 is 5.97 Å². The van der Waals surface area contributed by atoms with Crippen LogP contribution in [0.4, 0.5) is 0 Å². The molecule has 1 unspecified atom stereocenters. The number of rotatable bonds is 8. The van der Waals surface area contributed by atoms with E-state index in [0.717, 1.165) is 25.2 Å². The molecule has 1 saturated heterocycles. The van der Waals surface area contributed by atoms with Crippen LogP contribution in [0.1, 0.15) is 39.5 Å². The molecule has 0 radical (unpaired) electrons. The highest BCUT2D eigenvalue weighted by molar-refractivity contribution is 7.99. The second-order valence-electron chi connectivity index (χ2n) is 5.59. The Morgan fingerprint density at radius 2 is 2.15 bits per heavy atom. The largest absolute Gasteiger partial charge is 0.480 e. The normalized spacial score (nSPS) is 20.6. The lowest BCUT2D eigenvalue weighted by Gasteiger charge is -2.22. The molecule has 20 heavy (non-hydrogen) atoms. The van der Waals surface area contributed by atoms with Gasteiger partial charge in [-0.25, -0.2) is 4.79 Å². The SMILES string of the molecule is CC(C)C[C@H](NC(=O)CSCC1CCCCO1)C(=O)O. The first-order valence-corrected chi connectivity index (χ1v) is 8.36. The van der Waals surface area contributed by atoms with Gasteiger partial charge in [0.15, 0.2) is 0 Å². The molecule has 5 nitrogen and oxygen atoms in total. The van der Waals surface area contributed by atoms with Crippen molar-refractivity contribution in [1.29, 1.82) is 0 Å². The third kappa shape index (κ3) is 7.14. The summed E-state index contributed by atoms with van der Waals surface area (Å²) in [6.45, 7) is 4.70. The Morgan fingerprint density at radius 1 is 1.40 bits per heavy atom. The topological polar surface area (TPSA) is 75.6 Å². The minimum atomic E-state index is -0.965. The molecule has 1 amide bonds. The molecule has 0 bridgehead atoms. The van der Waals surface area contributed by atoms with Crippen LogP contribution >= 0.6 is 11.8 Å². The molecule has 6 heteroatoms. The van der Waals surface area contributed by atoms with Gasteiger partial charge in [-0.05, 0) is 31.6 Å². The van der Waals surface area contributed by atoms with Gasteiger partial charge in [0.05, 0.1) is 11.9 Å². The van der Waals surface area contributed by atoms with Crippen LogP contribution in [0, 0.1) is 5.92 Å². The zero-order valence-corrected chi connectivity index (χ0v) is 13.1. The fourth-order valence-corrected chi connectivity index (χ4v) is 3.06. The van der Waals surface area contributed by atoms with Crippen molar-refractivity contribution in [3.8, 4) is 0 Å². The van der Waals surface area contributed by atoms with E-state index in [1.807, 2.05) is 13.8 Å². The third-order valence-electron chi connectivity index (χ3n) is 3.15. The van der Waals surface area contributed by atoms with Crippen LogP contribution in [-0.4, -0.2) is 47.2 Å². The third-order valence-corrected chi connectivity index (χ3v) is 4.23. The van der Waals surface area contributed by atoms with Crippen LogP contribution < -0.4 is 5.32 Å². The van der Waals surface area contributed by atoms with Gasteiger partial charge in [-0.1, -0.05) is 13.8 Å². The lowest BCUT2D eigenvalue weighted by atomic mass is 10.0. The number of carboxylic acids is 1. The molecule has 1 aliphatic heterocycles. The zero-order chi connectivity index (χ0) is 15.0. The molecule has 0 aromatic rings. The molecule has 1 fully saturated rings. The number of aliphatic carboxylic acids is 1. The summed E-state index contributed by atoms with van der Waals surface area (Å²) < 4.78 is 5.59. The lowest BCUT2D eigenvalue weighted by Crippen LogP contribution is -2.42. The average Bonchev–Trinajstić information content (AvgIpc) is 2.38. The van der Waals surface area contributed by atoms with E-state index < -0.39 is 12.0 Å². The van der Waals surface area contributed by atoms with Crippen LogP contribution in [0.2, 0.25) is 0 Å². The van der Waals surface area contributed by atoms with Crippen molar-refractivity contribution >= 4 is 23.6 Å². The standard InChI is InChI=1S/C14H25NO4S/c1-10(2)7-12(14(17)18)15-13(16)9-20-8-11-5-3-4-6-19-11/h10-12H,3-9H2,1-2H3,(H,15,16)(H,17,18)/t11?,12-/m0/s1. The van der Waals surface area contributed by atoms with E-state index in [0.29, 0.717) is 12.2 Å². The van der Waals surface area contributed by atoms with Crippen molar-refractivity contribution in [2.75, 3.05) is 18.1 Å². The van der Waals surface area contributed by atoms with E-state index in [9.17, 15) is 9.59 Å². The number of hydrogen-bond acceptors (Lipinski definition) is 4. The van der Waals surface area contributed by atoms with Gasteiger partial charge in [0, 0.05) is 12.4 Å². The summed E-state index contributed by atoms with van der Waals surface area (Å²) in [6, 6.07) is -0.783. The fraction of sp³-hybridized carbons (Fsp3) is 0.857. The number of thioether (sulfide) groups is 1. The molecule has 0 spiro atoms. The summed E-state index contributed by atoms with van der Waals surface area (Å²) in [5.74, 6) is 0.156. The molecule has 0 aromatic heterocycles. The quantitative estimate of drug-likeness (QED) is 0.716. The summed E-state index contributed by atoms with van der Waals surface area (Å²) in [6.07, 6.45) is 4.06. The first kappa shape index (κ1) is 17.3. The lowest BCUT2D eigenvalue weighted by molar-refractivity contribution is -0.141. The Hall–Kier alpha value is -0.750. The number of carbonyl (C=O) groups is 2. The highest BCUT2D eigenvalue weighted by Crippen LogP contribution is 2.17. The van der Waals surface area contributed by atoms with Gasteiger partial charge in [-0.3, -0.25) is 4.79 Å². The van der Waals surface area contributed by atoms with Crippen molar-refractivity contribution in [2.45, 2.75) is 51.7 Å². The van der Waals surface area contributed by atoms with Gasteiger partial charge in [-0.15, -0.1) is 11.8 Å². The van der Waals surface area contributed by atoms with Gasteiger partial charge in [0.25, 0.3) is 0 Å². The highest BCUT2D eigenvalue weighted by atomic mass is 32.2. The van der Waals surface area contributed by atoms with E-state index in [4.69, 9.17) is 9.84 Å². The number of carboxylic acid groups (broad SMARTS) is 1. The van der Waals surface area contributed by atoms with Gasteiger partial charge in [0.2, 0.25) is 5.91 Å². The van der Waals surface area contributed by atoms with Crippen LogP contribution in [0.25, 0.3) is 0 Å². The Bertz CT molecular complexity index is 316. The van der Waals surface area contributed by atoms with E-state index in [-0.39, 0.29) is 17.9 Å². The minimum absolute atomic E-state index is 0.209. The van der Waals surface area contributed by atoms with E-state index in [1.165, 1.54) is 18.2 Å². The van der Waals surface area contributed by atoms with Gasteiger partial charge in [-0.2, -0.15) is 0 Å². The number of carbonyl (C=O) groups excluding carboxylic acids is 1. The van der Waals surface area contributed by atoms with E-state index in [2.05, 4.69) is 5.32 Å². The Labute approximate surface area is 124 Å². The van der Waals surface area contributed by atoms with Crippen LogP contribution in [0.3, 0.4) is 0 Å². The Balaban J connectivity index is 2.21. The second kappa shape index (κ2) is 9.23. The average molecular weight is 303 g/mol.